The molecule has 4 nitrogen and oxygen atoms in total. The van der Waals surface area contributed by atoms with E-state index >= 15 is 0 Å². The van der Waals surface area contributed by atoms with Gasteiger partial charge in [0.05, 0.1) is 12.0 Å². The molecule has 0 fully saturated rings. The Kier molecular flexibility index (Phi) is 3.73. The Morgan fingerprint density at radius 2 is 2.05 bits per heavy atom. The number of carbonyl (C=O) groups excluding carboxylic acids is 1. The Morgan fingerprint density at radius 3 is 2.65 bits per heavy atom. The van der Waals surface area contributed by atoms with Crippen LogP contribution in [0.1, 0.15) is 36.2 Å². The second-order valence-corrected chi connectivity index (χ2v) is 6.19. The monoisotopic (exact) mass is 293 g/mol. The molecule has 0 bridgehead atoms. The number of Topliss-reactive ketones (excluding diaryl/α,β-unsaturated/α-hetero) is 1. The van der Waals surface area contributed by atoms with E-state index in [9.17, 15) is 4.79 Å². The first-order valence-electron chi connectivity index (χ1n) is 6.45. The first kappa shape index (κ1) is 14.8. The second kappa shape index (κ2) is 5.05. The molecule has 108 valence electrons. The van der Waals surface area contributed by atoms with Gasteiger partial charge in [0.1, 0.15) is 17.1 Å². The SMILES string of the molecule is Cc1cc2c(cc1OC(=S)N(C)C)OC(C)(C)CC2=O. The maximum Gasteiger partial charge on any atom is 0.264 e. The Labute approximate surface area is 124 Å². The zero-order valence-corrected chi connectivity index (χ0v) is 13.3. The lowest BCUT2D eigenvalue weighted by Gasteiger charge is -2.32. The van der Waals surface area contributed by atoms with Crippen molar-refractivity contribution in [2.45, 2.75) is 32.8 Å². The third-order valence-electron chi connectivity index (χ3n) is 3.11. The van der Waals surface area contributed by atoms with Gasteiger partial charge in [0.15, 0.2) is 5.78 Å². The fourth-order valence-corrected chi connectivity index (χ4v) is 2.17. The number of ketones is 1. The van der Waals surface area contributed by atoms with E-state index < -0.39 is 5.60 Å². The summed E-state index contributed by atoms with van der Waals surface area (Å²) in [5.74, 6) is 1.28. The second-order valence-electron chi connectivity index (χ2n) is 5.84. The normalized spacial score (nSPS) is 16.1. The zero-order chi connectivity index (χ0) is 15.1. The van der Waals surface area contributed by atoms with Crippen LogP contribution in [0.15, 0.2) is 12.1 Å². The lowest BCUT2D eigenvalue weighted by atomic mass is 9.92. The Hall–Kier alpha value is -1.62. The molecule has 1 aromatic rings. The van der Waals surface area contributed by atoms with Crippen LogP contribution >= 0.6 is 12.2 Å². The van der Waals surface area contributed by atoms with Gasteiger partial charge in [-0.25, -0.2) is 0 Å². The molecule has 5 heteroatoms. The summed E-state index contributed by atoms with van der Waals surface area (Å²) in [6.07, 6.45) is 0.385. The third kappa shape index (κ3) is 2.93. The standard InChI is InChI=1S/C15H19NO3S/c1-9-6-10-11(17)8-15(2,3)19-13(10)7-12(9)18-14(20)16(4)5/h6-7H,8H2,1-5H3. The summed E-state index contributed by atoms with van der Waals surface area (Å²) in [6.45, 7) is 5.69. The minimum atomic E-state index is -0.487. The first-order chi connectivity index (χ1) is 9.19. The average Bonchev–Trinajstić information content (AvgIpc) is 2.30. The molecule has 0 saturated heterocycles. The number of carbonyl (C=O) groups is 1. The predicted octanol–water partition coefficient (Wildman–Crippen LogP) is 2.96. The molecule has 0 aromatic heterocycles. The first-order valence-corrected chi connectivity index (χ1v) is 6.86. The smallest absolute Gasteiger partial charge is 0.264 e. The zero-order valence-electron chi connectivity index (χ0n) is 12.4. The van der Waals surface area contributed by atoms with E-state index in [-0.39, 0.29) is 5.78 Å². The van der Waals surface area contributed by atoms with Crippen molar-refractivity contribution >= 4 is 23.2 Å². The molecule has 0 unspecified atom stereocenters. The molecule has 0 saturated carbocycles. The number of hydrogen-bond acceptors (Lipinski definition) is 4. The van der Waals surface area contributed by atoms with Gasteiger partial charge in [-0.15, -0.1) is 0 Å². The van der Waals surface area contributed by atoms with Gasteiger partial charge in [0.2, 0.25) is 0 Å². The van der Waals surface area contributed by atoms with Crippen molar-refractivity contribution in [1.29, 1.82) is 0 Å². The Balaban J connectivity index is 2.39. The van der Waals surface area contributed by atoms with Crippen molar-refractivity contribution in [2.75, 3.05) is 14.1 Å². The summed E-state index contributed by atoms with van der Waals surface area (Å²) in [4.78, 5) is 13.9. The quantitative estimate of drug-likeness (QED) is 0.744. The summed E-state index contributed by atoms with van der Waals surface area (Å²) in [7, 11) is 3.64. The van der Waals surface area contributed by atoms with Crippen LogP contribution in [-0.2, 0) is 0 Å². The molecule has 1 heterocycles. The van der Waals surface area contributed by atoms with Crippen LogP contribution in [-0.4, -0.2) is 35.6 Å². The van der Waals surface area contributed by atoms with E-state index in [4.69, 9.17) is 21.7 Å². The molecule has 0 aliphatic carbocycles. The summed E-state index contributed by atoms with van der Waals surface area (Å²) in [5.41, 5.74) is 0.994. The predicted molar refractivity (Wildman–Crippen MR) is 81.7 cm³/mol. The molecule has 1 aliphatic rings. The maximum absolute atomic E-state index is 12.1. The van der Waals surface area contributed by atoms with E-state index in [1.54, 1.807) is 17.0 Å². The van der Waals surface area contributed by atoms with Crippen molar-refractivity contribution < 1.29 is 14.3 Å². The van der Waals surface area contributed by atoms with Gasteiger partial charge in [-0.05, 0) is 44.6 Å². The van der Waals surface area contributed by atoms with E-state index in [0.717, 1.165) is 5.56 Å². The molecule has 20 heavy (non-hydrogen) atoms. The van der Waals surface area contributed by atoms with Crippen molar-refractivity contribution in [3.8, 4) is 11.5 Å². The number of rotatable bonds is 1. The number of hydrogen-bond donors (Lipinski definition) is 0. The Bertz CT molecular complexity index is 579. The third-order valence-corrected chi connectivity index (χ3v) is 3.56. The van der Waals surface area contributed by atoms with Crippen LogP contribution in [0.2, 0.25) is 0 Å². The van der Waals surface area contributed by atoms with E-state index in [1.807, 2.05) is 34.9 Å². The largest absolute Gasteiger partial charge is 0.486 e. The van der Waals surface area contributed by atoms with E-state index in [2.05, 4.69) is 0 Å². The van der Waals surface area contributed by atoms with E-state index in [1.165, 1.54) is 0 Å². The van der Waals surface area contributed by atoms with Crippen molar-refractivity contribution in [3.63, 3.8) is 0 Å². The highest BCUT2D eigenvalue weighted by Crippen LogP contribution is 2.37. The summed E-state index contributed by atoms with van der Waals surface area (Å²) < 4.78 is 11.5. The summed E-state index contributed by atoms with van der Waals surface area (Å²) in [6, 6.07) is 3.56. The number of nitrogens with zero attached hydrogens (tertiary/aromatic N) is 1. The molecule has 0 atom stereocenters. The molecule has 0 spiro atoms. The van der Waals surface area contributed by atoms with Crippen LogP contribution in [0.4, 0.5) is 0 Å². The highest BCUT2D eigenvalue weighted by molar-refractivity contribution is 7.80. The van der Waals surface area contributed by atoms with Gasteiger partial charge >= 0.3 is 0 Å². The topological polar surface area (TPSA) is 38.8 Å². The number of aryl methyl sites for hydroxylation is 1. The minimum Gasteiger partial charge on any atom is -0.486 e. The van der Waals surface area contributed by atoms with Crippen molar-refractivity contribution in [1.82, 2.24) is 4.90 Å². The molecular weight excluding hydrogens is 274 g/mol. The van der Waals surface area contributed by atoms with Crippen LogP contribution in [0.3, 0.4) is 0 Å². The number of ether oxygens (including phenoxy) is 2. The lowest BCUT2D eigenvalue weighted by molar-refractivity contribution is 0.0619. The maximum atomic E-state index is 12.1. The number of fused-ring (bicyclic) bond motifs is 1. The van der Waals surface area contributed by atoms with Crippen LogP contribution in [0, 0.1) is 6.92 Å². The van der Waals surface area contributed by atoms with Gasteiger partial charge < -0.3 is 14.4 Å². The summed E-state index contributed by atoms with van der Waals surface area (Å²) >= 11 is 5.14. The fourth-order valence-electron chi connectivity index (χ4n) is 2.08. The fraction of sp³-hybridized carbons (Fsp3) is 0.467. The average molecular weight is 293 g/mol. The van der Waals surface area contributed by atoms with Crippen molar-refractivity contribution in [2.24, 2.45) is 0 Å². The minimum absolute atomic E-state index is 0.0982. The van der Waals surface area contributed by atoms with Gasteiger partial charge in [-0.2, -0.15) is 0 Å². The number of benzene rings is 1. The molecule has 0 N–H and O–H groups in total. The van der Waals surface area contributed by atoms with Crippen LogP contribution in [0.25, 0.3) is 0 Å². The van der Waals surface area contributed by atoms with Gasteiger partial charge in [-0.3, -0.25) is 4.79 Å². The highest BCUT2D eigenvalue weighted by Gasteiger charge is 2.33. The van der Waals surface area contributed by atoms with Gasteiger partial charge in [-0.1, -0.05) is 0 Å². The molecule has 1 aliphatic heterocycles. The van der Waals surface area contributed by atoms with Crippen LogP contribution in [0.5, 0.6) is 11.5 Å². The van der Waals surface area contributed by atoms with Crippen LogP contribution < -0.4 is 9.47 Å². The molecule has 1 aromatic carbocycles. The molecular formula is C15H19NO3S. The van der Waals surface area contributed by atoms with Gasteiger partial charge in [0, 0.05) is 20.2 Å². The lowest BCUT2D eigenvalue weighted by Crippen LogP contribution is -2.36. The highest BCUT2D eigenvalue weighted by atomic mass is 32.1. The molecule has 2 rings (SSSR count). The van der Waals surface area contributed by atoms with E-state index in [0.29, 0.717) is 28.7 Å². The Morgan fingerprint density at radius 1 is 1.40 bits per heavy atom. The number of thiocarbonyl (C=S) groups is 1. The summed E-state index contributed by atoms with van der Waals surface area (Å²) in [5, 5.41) is 0.370. The van der Waals surface area contributed by atoms with Gasteiger partial charge in [0.25, 0.3) is 5.17 Å². The molecule has 0 radical (unpaired) electrons. The van der Waals surface area contributed by atoms with Crippen molar-refractivity contribution in [3.05, 3.63) is 23.3 Å². The molecule has 0 amide bonds.